The van der Waals surface area contributed by atoms with Gasteiger partial charge >= 0.3 is 29.6 Å². The van der Waals surface area contributed by atoms with Crippen molar-refractivity contribution >= 4 is 16.0 Å². The van der Waals surface area contributed by atoms with Crippen LogP contribution in [-0.2, 0) is 10.3 Å². The molecule has 0 atom stereocenters. The molecule has 0 aromatic heterocycles. The molecule has 1 aromatic carbocycles. The van der Waals surface area contributed by atoms with E-state index in [1.165, 1.54) is 0 Å². The van der Waals surface area contributed by atoms with Crippen LogP contribution >= 0.6 is 0 Å². The number of ether oxygens (including phenoxy) is 1. The molecule has 0 radical (unpaired) electrons. The zero-order chi connectivity index (χ0) is 11.3. The van der Waals surface area contributed by atoms with Crippen molar-refractivity contribution in [3.05, 3.63) is 24.3 Å². The molecule has 2 N–H and O–H groups in total. The quantitative estimate of drug-likeness (QED) is 0.343. The Balaban J connectivity index is 0.00000225. The van der Waals surface area contributed by atoms with Gasteiger partial charge in [-0.3, -0.25) is 0 Å². The monoisotopic (exact) mass is 254 g/mol. The van der Waals surface area contributed by atoms with E-state index in [1.54, 1.807) is 29.1 Å². The summed E-state index contributed by atoms with van der Waals surface area (Å²) in [5.41, 5.74) is 2.70. The van der Waals surface area contributed by atoms with Gasteiger partial charge in [-0.1, -0.05) is 0 Å². The van der Waals surface area contributed by atoms with Gasteiger partial charge in [-0.15, -0.1) is 4.83 Å². The van der Waals surface area contributed by atoms with Crippen molar-refractivity contribution in [3.8, 4) is 5.75 Å². The van der Waals surface area contributed by atoms with Crippen LogP contribution in [0.2, 0.25) is 0 Å². The predicted molar refractivity (Wildman–Crippen MR) is 54.1 cm³/mol. The molecule has 0 spiro atoms. The van der Waals surface area contributed by atoms with Gasteiger partial charge in [0.05, 0.1) is 12.3 Å². The molecule has 6 nitrogen and oxygen atoms in total. The summed E-state index contributed by atoms with van der Waals surface area (Å²) < 4.78 is 35.8. The Morgan fingerprint density at radius 1 is 1.31 bits per heavy atom. The first-order chi connectivity index (χ1) is 7.01. The topological polar surface area (TPSA) is 90.5 Å². The molecule has 16 heavy (non-hydrogen) atoms. The van der Waals surface area contributed by atoms with Crippen molar-refractivity contribution < 1.29 is 47.3 Å². The van der Waals surface area contributed by atoms with Gasteiger partial charge in [0.15, 0.2) is 10.3 Å². The molecule has 0 amide bonds. The van der Waals surface area contributed by atoms with E-state index in [4.69, 9.17) is 4.74 Å². The van der Waals surface area contributed by atoms with Gasteiger partial charge in [-0.2, -0.15) is 0 Å². The summed E-state index contributed by atoms with van der Waals surface area (Å²) in [4.78, 5) is 1.62. The predicted octanol–water partition coefficient (Wildman–Crippen LogP) is -2.53. The van der Waals surface area contributed by atoms with Gasteiger partial charge < -0.3 is 14.7 Å². The Labute approximate surface area is 117 Å². The van der Waals surface area contributed by atoms with Gasteiger partial charge in [0, 0.05) is 0 Å². The summed E-state index contributed by atoms with van der Waals surface area (Å²) in [6, 6.07) is 6.49. The zero-order valence-corrected chi connectivity index (χ0v) is 11.9. The zero-order valence-electron chi connectivity index (χ0n) is 9.06. The summed E-state index contributed by atoms with van der Waals surface area (Å²) >= 11 is 0. The van der Waals surface area contributed by atoms with E-state index in [0.29, 0.717) is 18.0 Å². The number of nitrogens with one attached hydrogen (secondary N) is 2. The number of anilines is 1. The van der Waals surface area contributed by atoms with Crippen LogP contribution in [0, 0.1) is 0 Å². The number of benzene rings is 1. The SMILES string of the molecule is CCOc1ccc(NNS(=O)(=O)[O-])cc1.[Na+]. The Morgan fingerprint density at radius 2 is 1.88 bits per heavy atom. The van der Waals surface area contributed by atoms with E-state index in [-0.39, 0.29) is 29.6 Å². The van der Waals surface area contributed by atoms with Crippen LogP contribution in [0.5, 0.6) is 5.75 Å². The molecule has 0 aliphatic carbocycles. The minimum Gasteiger partial charge on any atom is -0.734 e. The molecule has 0 aliphatic rings. The van der Waals surface area contributed by atoms with Gasteiger partial charge in [-0.25, -0.2) is 8.42 Å². The maximum atomic E-state index is 10.2. The second kappa shape index (κ2) is 7.10. The molecule has 8 heteroatoms. The molecule has 0 unspecified atom stereocenters. The van der Waals surface area contributed by atoms with Crippen LogP contribution in [0.15, 0.2) is 24.3 Å². The fourth-order valence-corrected chi connectivity index (χ4v) is 1.17. The van der Waals surface area contributed by atoms with Crippen molar-refractivity contribution in [2.75, 3.05) is 12.0 Å². The molecule has 1 aromatic rings. The van der Waals surface area contributed by atoms with Crippen molar-refractivity contribution in [1.29, 1.82) is 0 Å². The number of hydrogen-bond acceptors (Lipinski definition) is 5. The minimum atomic E-state index is -4.49. The normalized spacial score (nSPS) is 10.4. The van der Waals surface area contributed by atoms with Gasteiger partial charge in [0.25, 0.3) is 0 Å². The standard InChI is InChI=1S/C8H12N2O4S.Na/c1-2-14-8-5-3-7(4-6-8)9-10-15(11,12)13;/h3-6,9-10H,2H2,1H3,(H,11,12,13);/q;+1/p-1. The van der Waals surface area contributed by atoms with E-state index < -0.39 is 10.3 Å². The van der Waals surface area contributed by atoms with Gasteiger partial charge in [-0.05, 0) is 31.2 Å². The molecule has 0 fully saturated rings. The van der Waals surface area contributed by atoms with Crippen molar-refractivity contribution in [2.24, 2.45) is 0 Å². The maximum absolute atomic E-state index is 10.2. The first-order valence-corrected chi connectivity index (χ1v) is 5.63. The van der Waals surface area contributed by atoms with E-state index in [1.807, 2.05) is 6.92 Å². The Kier molecular flexibility index (Phi) is 6.96. The van der Waals surface area contributed by atoms with E-state index >= 15 is 0 Å². The van der Waals surface area contributed by atoms with Crippen molar-refractivity contribution in [3.63, 3.8) is 0 Å². The molecular formula is C8H11N2NaO4S. The third kappa shape index (κ3) is 6.31. The molecule has 1 rings (SSSR count). The molecular weight excluding hydrogens is 243 g/mol. The van der Waals surface area contributed by atoms with E-state index in [2.05, 4.69) is 5.43 Å². The van der Waals surface area contributed by atoms with Crippen LogP contribution in [0.4, 0.5) is 5.69 Å². The molecule has 0 saturated heterocycles. The maximum Gasteiger partial charge on any atom is 1.00 e. The molecule has 0 aliphatic heterocycles. The molecule has 0 bridgehead atoms. The first-order valence-electron chi connectivity index (χ1n) is 4.23. The second-order valence-electron chi connectivity index (χ2n) is 2.64. The average Bonchev–Trinajstić information content (AvgIpc) is 2.16. The van der Waals surface area contributed by atoms with Crippen LogP contribution in [0.3, 0.4) is 0 Å². The van der Waals surface area contributed by atoms with Crippen molar-refractivity contribution in [1.82, 2.24) is 4.83 Å². The van der Waals surface area contributed by atoms with Crippen LogP contribution in [0.25, 0.3) is 0 Å². The Morgan fingerprint density at radius 3 is 2.31 bits per heavy atom. The summed E-state index contributed by atoms with van der Waals surface area (Å²) in [6.45, 7) is 2.41. The summed E-state index contributed by atoms with van der Waals surface area (Å²) in [5, 5.41) is 0. The largest absolute Gasteiger partial charge is 1.00 e. The van der Waals surface area contributed by atoms with Gasteiger partial charge in [0.1, 0.15) is 5.75 Å². The average molecular weight is 254 g/mol. The Hall–Kier alpha value is -0.310. The van der Waals surface area contributed by atoms with E-state index in [0.717, 1.165) is 0 Å². The summed E-state index contributed by atoms with van der Waals surface area (Å²) in [6.07, 6.45) is 0. The van der Waals surface area contributed by atoms with E-state index in [9.17, 15) is 13.0 Å². The molecule has 0 heterocycles. The fraction of sp³-hybridized carbons (Fsp3) is 0.250. The summed E-state index contributed by atoms with van der Waals surface area (Å²) in [7, 11) is -4.49. The van der Waals surface area contributed by atoms with Crippen molar-refractivity contribution in [2.45, 2.75) is 6.92 Å². The number of hydrazine groups is 1. The van der Waals surface area contributed by atoms with Gasteiger partial charge in [0.2, 0.25) is 0 Å². The number of hydrogen-bond donors (Lipinski definition) is 2. The fourth-order valence-electron chi connectivity index (χ4n) is 0.923. The number of rotatable bonds is 5. The van der Waals surface area contributed by atoms with Crippen LogP contribution < -0.4 is 44.6 Å². The second-order valence-corrected chi connectivity index (χ2v) is 3.75. The molecule has 0 saturated carbocycles. The smallest absolute Gasteiger partial charge is 0.734 e. The molecule has 84 valence electrons. The van der Waals surface area contributed by atoms with Crippen LogP contribution in [0.1, 0.15) is 6.92 Å². The minimum absolute atomic E-state index is 0. The third-order valence-corrected chi connectivity index (χ3v) is 1.84. The summed E-state index contributed by atoms with van der Waals surface area (Å²) in [5.74, 6) is 0.674. The Bertz CT molecular complexity index is 407. The third-order valence-electron chi connectivity index (χ3n) is 1.49. The van der Waals surface area contributed by atoms with Crippen LogP contribution in [-0.4, -0.2) is 19.6 Å². The first kappa shape index (κ1) is 15.7.